The molecule has 10 heteroatoms. The van der Waals surface area contributed by atoms with Gasteiger partial charge in [-0.25, -0.2) is 0 Å². The molecule has 0 saturated carbocycles. The lowest BCUT2D eigenvalue weighted by Gasteiger charge is -2.22. The zero-order valence-electron chi connectivity index (χ0n) is 9.50. The maximum Gasteiger partial charge on any atom is 0.461 e. The van der Waals surface area contributed by atoms with E-state index in [0.29, 0.717) is 6.07 Å². The molecular formula is C10H9ClF7NO. The molecule has 0 unspecified atom stereocenters. The SMILES string of the molecule is Cl.N[C@H](c1ccccc1OC(F)(F)C(F)F)C(F)(F)F. The van der Waals surface area contributed by atoms with E-state index in [1.807, 2.05) is 0 Å². The number of nitrogens with two attached hydrogens (primary N) is 1. The minimum absolute atomic E-state index is 0. The highest BCUT2D eigenvalue weighted by molar-refractivity contribution is 5.85. The van der Waals surface area contributed by atoms with Crippen molar-refractivity contribution in [1.29, 1.82) is 0 Å². The molecule has 0 aliphatic carbocycles. The number of para-hydroxylation sites is 1. The Morgan fingerprint density at radius 3 is 1.95 bits per heavy atom. The number of hydrogen-bond donors (Lipinski definition) is 1. The lowest BCUT2D eigenvalue weighted by Crippen LogP contribution is -2.35. The van der Waals surface area contributed by atoms with E-state index < -0.39 is 36.1 Å². The molecule has 2 N–H and O–H groups in total. The Morgan fingerprint density at radius 2 is 1.50 bits per heavy atom. The van der Waals surface area contributed by atoms with Crippen LogP contribution in [0.5, 0.6) is 5.75 Å². The lowest BCUT2D eigenvalue weighted by atomic mass is 10.1. The van der Waals surface area contributed by atoms with Gasteiger partial charge in [0.25, 0.3) is 0 Å². The van der Waals surface area contributed by atoms with E-state index in [-0.39, 0.29) is 12.4 Å². The van der Waals surface area contributed by atoms with Gasteiger partial charge < -0.3 is 10.5 Å². The molecule has 1 aromatic carbocycles. The zero-order chi connectivity index (χ0) is 14.8. The number of benzene rings is 1. The van der Waals surface area contributed by atoms with Crippen molar-refractivity contribution in [3.8, 4) is 5.75 Å². The fourth-order valence-electron chi connectivity index (χ4n) is 1.20. The third-order valence-corrected chi connectivity index (χ3v) is 2.11. The van der Waals surface area contributed by atoms with Crippen LogP contribution in [0.2, 0.25) is 0 Å². The Bertz CT molecular complexity index is 438. The summed E-state index contributed by atoms with van der Waals surface area (Å²) in [7, 11) is 0. The maximum absolute atomic E-state index is 12.7. The molecule has 1 atom stereocenters. The molecule has 1 aromatic rings. The summed E-state index contributed by atoms with van der Waals surface area (Å²) < 4.78 is 90.0. The lowest BCUT2D eigenvalue weighted by molar-refractivity contribution is -0.254. The highest BCUT2D eigenvalue weighted by Crippen LogP contribution is 2.37. The summed E-state index contributed by atoms with van der Waals surface area (Å²) in [5.74, 6) is -1.04. The third kappa shape index (κ3) is 4.41. The molecule has 0 aromatic heterocycles. The summed E-state index contributed by atoms with van der Waals surface area (Å²) in [6, 6.07) is 1.02. The first-order valence-electron chi connectivity index (χ1n) is 4.82. The Morgan fingerprint density at radius 1 is 1.00 bits per heavy atom. The average molecular weight is 328 g/mol. The molecule has 0 saturated heterocycles. The molecule has 0 spiro atoms. The summed E-state index contributed by atoms with van der Waals surface area (Å²) in [5.41, 5.74) is 3.98. The van der Waals surface area contributed by atoms with Crippen LogP contribution in [0.3, 0.4) is 0 Å². The van der Waals surface area contributed by atoms with E-state index in [0.717, 1.165) is 18.2 Å². The molecule has 0 fully saturated rings. The molecular weight excluding hydrogens is 319 g/mol. The fraction of sp³-hybridized carbons (Fsp3) is 0.400. The molecule has 0 heterocycles. The van der Waals surface area contributed by atoms with Crippen LogP contribution >= 0.6 is 12.4 Å². The first-order chi connectivity index (χ1) is 8.55. The van der Waals surface area contributed by atoms with Crippen LogP contribution in [-0.2, 0) is 0 Å². The van der Waals surface area contributed by atoms with E-state index in [4.69, 9.17) is 5.73 Å². The molecule has 0 aliphatic rings. The Balaban J connectivity index is 0.00000361. The van der Waals surface area contributed by atoms with Crippen molar-refractivity contribution in [2.75, 3.05) is 0 Å². The van der Waals surface area contributed by atoms with Gasteiger partial charge in [0.05, 0.1) is 0 Å². The van der Waals surface area contributed by atoms with Crippen LogP contribution in [0.25, 0.3) is 0 Å². The molecule has 20 heavy (non-hydrogen) atoms. The largest absolute Gasteiger partial charge is 0.461 e. The number of halogens is 8. The minimum atomic E-state index is -4.92. The number of rotatable bonds is 4. The van der Waals surface area contributed by atoms with Gasteiger partial charge in [-0.2, -0.15) is 30.7 Å². The van der Waals surface area contributed by atoms with Crippen LogP contribution in [0.4, 0.5) is 30.7 Å². The Kier molecular flexibility index (Phi) is 6.09. The first kappa shape index (κ1) is 18.8. The predicted molar refractivity (Wildman–Crippen MR) is 58.3 cm³/mol. The number of hydrogen-bond acceptors (Lipinski definition) is 2. The van der Waals surface area contributed by atoms with Gasteiger partial charge in [-0.15, -0.1) is 12.4 Å². The van der Waals surface area contributed by atoms with E-state index in [1.54, 1.807) is 0 Å². The van der Waals surface area contributed by atoms with Gasteiger partial charge >= 0.3 is 18.7 Å². The smallest absolute Gasteiger partial charge is 0.428 e. The van der Waals surface area contributed by atoms with Crippen molar-refractivity contribution in [3.05, 3.63) is 29.8 Å². The predicted octanol–water partition coefficient (Wildman–Crippen LogP) is 3.91. The Hall–Kier alpha value is -1.22. The zero-order valence-corrected chi connectivity index (χ0v) is 10.3. The second-order valence-corrected chi connectivity index (χ2v) is 3.52. The van der Waals surface area contributed by atoms with Gasteiger partial charge in [0, 0.05) is 5.56 Å². The van der Waals surface area contributed by atoms with Crippen molar-refractivity contribution in [2.45, 2.75) is 24.8 Å². The summed E-state index contributed by atoms with van der Waals surface area (Å²) in [6.07, 6.45) is -14.0. The van der Waals surface area contributed by atoms with Crippen molar-refractivity contribution in [3.63, 3.8) is 0 Å². The van der Waals surface area contributed by atoms with Crippen LogP contribution < -0.4 is 10.5 Å². The highest BCUT2D eigenvalue weighted by Gasteiger charge is 2.46. The van der Waals surface area contributed by atoms with Crippen LogP contribution in [0.15, 0.2) is 24.3 Å². The van der Waals surface area contributed by atoms with Gasteiger partial charge in [-0.1, -0.05) is 18.2 Å². The normalized spacial score (nSPS) is 13.8. The third-order valence-electron chi connectivity index (χ3n) is 2.11. The number of alkyl halides is 7. The van der Waals surface area contributed by atoms with E-state index in [2.05, 4.69) is 4.74 Å². The molecule has 116 valence electrons. The molecule has 0 bridgehead atoms. The van der Waals surface area contributed by atoms with E-state index in [1.165, 1.54) is 0 Å². The van der Waals surface area contributed by atoms with Crippen LogP contribution in [-0.4, -0.2) is 18.7 Å². The van der Waals surface area contributed by atoms with E-state index in [9.17, 15) is 30.7 Å². The van der Waals surface area contributed by atoms with Crippen molar-refractivity contribution >= 4 is 12.4 Å². The standard InChI is InChI=1S/C10H8F7NO.ClH/c11-8(12)10(16,17)19-6-4-2-1-3-5(6)7(18)9(13,14)15;/h1-4,7-8H,18H2;1H/t7-;/m1./s1. The van der Waals surface area contributed by atoms with Gasteiger partial charge in [-0.05, 0) is 6.07 Å². The van der Waals surface area contributed by atoms with Crippen molar-refractivity contribution < 1.29 is 35.5 Å². The summed E-state index contributed by atoms with van der Waals surface area (Å²) in [5, 5.41) is 0. The number of ether oxygens (including phenoxy) is 1. The van der Waals surface area contributed by atoms with E-state index >= 15 is 0 Å². The summed E-state index contributed by atoms with van der Waals surface area (Å²) in [4.78, 5) is 0. The van der Waals surface area contributed by atoms with Gasteiger partial charge in [-0.3, -0.25) is 0 Å². The first-order valence-corrected chi connectivity index (χ1v) is 4.82. The summed E-state index contributed by atoms with van der Waals surface area (Å²) >= 11 is 0. The van der Waals surface area contributed by atoms with Crippen molar-refractivity contribution in [2.24, 2.45) is 5.73 Å². The molecule has 0 radical (unpaired) electrons. The van der Waals surface area contributed by atoms with Crippen LogP contribution in [0.1, 0.15) is 11.6 Å². The second-order valence-electron chi connectivity index (χ2n) is 3.52. The molecule has 0 aliphatic heterocycles. The monoisotopic (exact) mass is 327 g/mol. The average Bonchev–Trinajstić information content (AvgIpc) is 2.27. The second kappa shape index (κ2) is 6.49. The van der Waals surface area contributed by atoms with Gasteiger partial charge in [0.2, 0.25) is 0 Å². The molecule has 2 nitrogen and oxygen atoms in total. The highest BCUT2D eigenvalue weighted by atomic mass is 35.5. The van der Waals surface area contributed by atoms with Crippen molar-refractivity contribution in [1.82, 2.24) is 0 Å². The van der Waals surface area contributed by atoms with Crippen LogP contribution in [0, 0.1) is 0 Å². The maximum atomic E-state index is 12.7. The minimum Gasteiger partial charge on any atom is -0.428 e. The Labute approximate surface area is 115 Å². The topological polar surface area (TPSA) is 35.2 Å². The fourth-order valence-corrected chi connectivity index (χ4v) is 1.20. The molecule has 0 amide bonds. The quantitative estimate of drug-likeness (QED) is 0.851. The molecule has 1 rings (SSSR count). The van der Waals surface area contributed by atoms with Gasteiger partial charge in [0.1, 0.15) is 11.8 Å². The summed E-state index contributed by atoms with van der Waals surface area (Å²) in [6.45, 7) is 0. The van der Waals surface area contributed by atoms with Gasteiger partial charge in [0.15, 0.2) is 0 Å².